The summed E-state index contributed by atoms with van der Waals surface area (Å²) >= 11 is 0. The first kappa shape index (κ1) is 13.2. The Bertz CT molecular complexity index is 392. The van der Waals surface area contributed by atoms with Crippen molar-refractivity contribution in [3.8, 4) is 11.5 Å². The van der Waals surface area contributed by atoms with Crippen molar-refractivity contribution in [3.63, 3.8) is 0 Å². The molecule has 0 amide bonds. The fourth-order valence-electron chi connectivity index (χ4n) is 2.56. The van der Waals surface area contributed by atoms with Gasteiger partial charge in [0.05, 0.1) is 6.61 Å². The topological polar surface area (TPSA) is 32.7 Å². The molecule has 0 unspecified atom stereocenters. The minimum absolute atomic E-state index is 0.229. The maximum absolute atomic E-state index is 9.69. The maximum atomic E-state index is 9.69. The van der Waals surface area contributed by atoms with Crippen molar-refractivity contribution in [3.05, 3.63) is 23.8 Å². The monoisotopic (exact) mass is 249 g/mol. The average molecular weight is 249 g/mol. The highest BCUT2D eigenvalue weighted by atomic mass is 16.5. The Balaban J connectivity index is 2.06. The summed E-state index contributed by atoms with van der Waals surface area (Å²) in [7, 11) is 0. The van der Waals surface area contributed by atoms with E-state index in [1.54, 1.807) is 6.07 Å². The minimum Gasteiger partial charge on any atom is -0.504 e. The van der Waals surface area contributed by atoms with Crippen molar-refractivity contribution >= 4 is 0 Å². The van der Waals surface area contributed by atoms with Gasteiger partial charge in [0.1, 0.15) is 0 Å². The fraction of sp³-hybridized carbons (Fsp3) is 0.600. The Labute approximate surface area is 109 Å². The van der Waals surface area contributed by atoms with Crippen LogP contribution in [0.1, 0.15) is 38.7 Å². The third kappa shape index (κ3) is 3.16. The Hall–Kier alpha value is -1.22. The van der Waals surface area contributed by atoms with E-state index in [1.165, 1.54) is 31.4 Å². The van der Waals surface area contributed by atoms with Gasteiger partial charge in [0.2, 0.25) is 0 Å². The molecular formula is C15H23NO2. The number of rotatable bonds is 4. The van der Waals surface area contributed by atoms with Crippen LogP contribution in [0.5, 0.6) is 11.5 Å². The van der Waals surface area contributed by atoms with E-state index in [-0.39, 0.29) is 5.75 Å². The largest absolute Gasteiger partial charge is 0.504 e. The summed E-state index contributed by atoms with van der Waals surface area (Å²) < 4.78 is 5.42. The van der Waals surface area contributed by atoms with Crippen molar-refractivity contribution in [1.29, 1.82) is 0 Å². The van der Waals surface area contributed by atoms with Crippen LogP contribution in [0.2, 0.25) is 0 Å². The van der Waals surface area contributed by atoms with Crippen LogP contribution in [0, 0.1) is 0 Å². The van der Waals surface area contributed by atoms with Gasteiger partial charge >= 0.3 is 0 Å². The van der Waals surface area contributed by atoms with Crippen molar-refractivity contribution in [1.82, 2.24) is 4.90 Å². The van der Waals surface area contributed by atoms with Crippen LogP contribution in [0.3, 0.4) is 0 Å². The van der Waals surface area contributed by atoms with E-state index in [1.807, 2.05) is 19.1 Å². The summed E-state index contributed by atoms with van der Waals surface area (Å²) in [6.07, 6.45) is 3.93. The molecule has 0 bridgehead atoms. The number of nitrogens with zero attached hydrogens (tertiary/aromatic N) is 1. The van der Waals surface area contributed by atoms with Crippen LogP contribution >= 0.6 is 0 Å². The predicted molar refractivity (Wildman–Crippen MR) is 73.0 cm³/mol. The number of hydrogen-bond acceptors (Lipinski definition) is 3. The van der Waals surface area contributed by atoms with Gasteiger partial charge in [0.15, 0.2) is 11.5 Å². The highest BCUT2D eigenvalue weighted by Crippen LogP contribution is 2.28. The minimum atomic E-state index is 0.229. The van der Waals surface area contributed by atoms with Crippen molar-refractivity contribution in [2.75, 3.05) is 13.2 Å². The van der Waals surface area contributed by atoms with Gasteiger partial charge in [-0.15, -0.1) is 0 Å². The second-order valence-electron chi connectivity index (χ2n) is 5.05. The quantitative estimate of drug-likeness (QED) is 0.889. The van der Waals surface area contributed by atoms with E-state index in [2.05, 4.69) is 11.8 Å². The summed E-state index contributed by atoms with van der Waals surface area (Å²) in [6.45, 7) is 6.92. The zero-order valence-electron chi connectivity index (χ0n) is 11.4. The number of aromatic hydroxyl groups is 1. The first-order chi connectivity index (χ1) is 8.70. The van der Waals surface area contributed by atoms with Crippen molar-refractivity contribution < 1.29 is 9.84 Å². The lowest BCUT2D eigenvalue weighted by atomic mass is 10.0. The zero-order valence-corrected chi connectivity index (χ0v) is 11.4. The second-order valence-corrected chi connectivity index (χ2v) is 5.05. The van der Waals surface area contributed by atoms with E-state index in [4.69, 9.17) is 4.74 Å². The second kappa shape index (κ2) is 6.10. The van der Waals surface area contributed by atoms with Gasteiger partial charge in [-0.25, -0.2) is 0 Å². The Morgan fingerprint density at radius 2 is 2.22 bits per heavy atom. The molecule has 1 saturated heterocycles. The third-order valence-electron chi connectivity index (χ3n) is 3.65. The molecule has 1 aromatic carbocycles. The van der Waals surface area contributed by atoms with Crippen LogP contribution in [-0.2, 0) is 6.54 Å². The molecule has 3 heteroatoms. The number of hydrogen-bond donors (Lipinski definition) is 1. The molecule has 0 saturated carbocycles. The van der Waals surface area contributed by atoms with Gasteiger partial charge in [-0.1, -0.05) is 12.5 Å². The van der Waals surface area contributed by atoms with E-state index in [0.717, 1.165) is 6.54 Å². The molecule has 0 aliphatic carbocycles. The highest BCUT2D eigenvalue weighted by molar-refractivity contribution is 5.41. The molecule has 1 atom stereocenters. The number of likely N-dealkylation sites (tertiary alicyclic amines) is 1. The van der Waals surface area contributed by atoms with Gasteiger partial charge in [-0.2, -0.15) is 0 Å². The van der Waals surface area contributed by atoms with Gasteiger partial charge in [0, 0.05) is 12.6 Å². The number of ether oxygens (including phenoxy) is 1. The summed E-state index contributed by atoms with van der Waals surface area (Å²) in [4.78, 5) is 2.51. The van der Waals surface area contributed by atoms with Gasteiger partial charge in [-0.05, 0) is 50.9 Å². The van der Waals surface area contributed by atoms with E-state index in [9.17, 15) is 5.11 Å². The average Bonchev–Trinajstić information content (AvgIpc) is 2.36. The van der Waals surface area contributed by atoms with Crippen molar-refractivity contribution in [2.45, 2.75) is 45.7 Å². The molecular weight excluding hydrogens is 226 g/mol. The lowest BCUT2D eigenvalue weighted by molar-refractivity contribution is 0.152. The lowest BCUT2D eigenvalue weighted by Crippen LogP contribution is -2.36. The van der Waals surface area contributed by atoms with Crippen LogP contribution in [0.4, 0.5) is 0 Å². The normalized spacial score (nSPS) is 20.9. The van der Waals surface area contributed by atoms with Crippen LogP contribution in [0.25, 0.3) is 0 Å². The number of benzene rings is 1. The van der Waals surface area contributed by atoms with E-state index < -0.39 is 0 Å². The predicted octanol–water partition coefficient (Wildman–Crippen LogP) is 3.17. The smallest absolute Gasteiger partial charge is 0.161 e. The van der Waals surface area contributed by atoms with E-state index >= 15 is 0 Å². The van der Waals surface area contributed by atoms with Gasteiger partial charge in [-0.3, -0.25) is 4.90 Å². The maximum Gasteiger partial charge on any atom is 0.161 e. The third-order valence-corrected chi connectivity index (χ3v) is 3.65. The molecule has 100 valence electrons. The molecule has 1 N–H and O–H groups in total. The summed E-state index contributed by atoms with van der Waals surface area (Å²) in [5.74, 6) is 0.826. The molecule has 0 aromatic heterocycles. The number of phenolic OH excluding ortho intramolecular Hbond substituents is 1. The molecule has 3 nitrogen and oxygen atoms in total. The summed E-state index contributed by atoms with van der Waals surface area (Å²) in [5.41, 5.74) is 1.21. The fourth-order valence-corrected chi connectivity index (χ4v) is 2.56. The number of piperidine rings is 1. The Kier molecular flexibility index (Phi) is 4.48. The summed E-state index contributed by atoms with van der Waals surface area (Å²) in [5, 5.41) is 9.69. The highest BCUT2D eigenvalue weighted by Gasteiger charge is 2.18. The molecule has 2 rings (SSSR count). The number of phenols is 1. The molecule has 1 fully saturated rings. The standard InChI is InChI=1S/C15H23NO2/c1-3-18-15-10-13(7-8-14(15)17)11-16-9-5-4-6-12(16)2/h7-8,10,12,17H,3-6,9,11H2,1-2H3/t12-/m1/s1. The van der Waals surface area contributed by atoms with Crippen LogP contribution in [0.15, 0.2) is 18.2 Å². The van der Waals surface area contributed by atoms with E-state index in [0.29, 0.717) is 18.4 Å². The first-order valence-electron chi connectivity index (χ1n) is 6.89. The molecule has 1 aromatic rings. The van der Waals surface area contributed by atoms with Gasteiger partial charge in [0.25, 0.3) is 0 Å². The molecule has 1 heterocycles. The summed E-state index contributed by atoms with van der Waals surface area (Å²) in [6, 6.07) is 6.33. The van der Waals surface area contributed by atoms with Crippen LogP contribution in [-0.4, -0.2) is 29.2 Å². The Morgan fingerprint density at radius 3 is 2.94 bits per heavy atom. The zero-order chi connectivity index (χ0) is 13.0. The molecule has 1 aliphatic heterocycles. The lowest BCUT2D eigenvalue weighted by Gasteiger charge is -2.33. The Morgan fingerprint density at radius 1 is 1.39 bits per heavy atom. The van der Waals surface area contributed by atoms with Gasteiger partial charge < -0.3 is 9.84 Å². The molecule has 1 aliphatic rings. The SMILES string of the molecule is CCOc1cc(CN2CCCC[C@H]2C)ccc1O. The first-order valence-corrected chi connectivity index (χ1v) is 6.89. The van der Waals surface area contributed by atoms with Crippen LogP contribution < -0.4 is 4.74 Å². The van der Waals surface area contributed by atoms with Crippen molar-refractivity contribution in [2.24, 2.45) is 0 Å². The molecule has 0 radical (unpaired) electrons. The molecule has 0 spiro atoms. The molecule has 18 heavy (non-hydrogen) atoms.